The van der Waals surface area contributed by atoms with Gasteiger partial charge in [0.15, 0.2) is 24.7 Å². The van der Waals surface area contributed by atoms with Crippen molar-refractivity contribution in [1.82, 2.24) is 10.9 Å². The molecule has 0 fully saturated rings. The van der Waals surface area contributed by atoms with Crippen LogP contribution in [0.15, 0.2) is 42.5 Å². The number of carbonyl (C=O) groups excluding carboxylic acids is 3. The molecule has 0 unspecified atom stereocenters. The summed E-state index contributed by atoms with van der Waals surface area (Å²) >= 11 is 0. The number of esters is 1. The Kier molecular flexibility index (Phi) is 6.74. The van der Waals surface area contributed by atoms with E-state index in [1.54, 1.807) is 24.3 Å². The summed E-state index contributed by atoms with van der Waals surface area (Å²) in [4.78, 5) is 35.7. The van der Waals surface area contributed by atoms with E-state index in [9.17, 15) is 14.4 Å². The van der Waals surface area contributed by atoms with Crippen LogP contribution in [0.4, 0.5) is 0 Å². The van der Waals surface area contributed by atoms with Gasteiger partial charge < -0.3 is 18.9 Å². The van der Waals surface area contributed by atoms with Crippen molar-refractivity contribution < 1.29 is 33.3 Å². The maximum Gasteiger partial charge on any atom is 0.344 e. The van der Waals surface area contributed by atoms with Gasteiger partial charge in [-0.25, -0.2) is 4.79 Å². The predicted octanol–water partition coefficient (Wildman–Crippen LogP) is 1.21. The molecule has 2 aromatic carbocycles. The van der Waals surface area contributed by atoms with Crippen molar-refractivity contribution in [3.05, 3.63) is 53.6 Å². The first kappa shape index (κ1) is 21.0. The van der Waals surface area contributed by atoms with Gasteiger partial charge in [0.25, 0.3) is 11.8 Å². The molecule has 0 aromatic heterocycles. The number of hydrogen-bond acceptors (Lipinski definition) is 7. The molecule has 2 N–H and O–H groups in total. The number of hydrazine groups is 1. The first-order valence-corrected chi connectivity index (χ1v) is 9.26. The van der Waals surface area contributed by atoms with Crippen LogP contribution < -0.4 is 25.1 Å². The molecule has 2 amide bonds. The summed E-state index contributed by atoms with van der Waals surface area (Å²) in [6.45, 7) is 2.83. The minimum absolute atomic E-state index is 0.00333. The quantitative estimate of drug-likeness (QED) is 0.540. The van der Waals surface area contributed by atoms with E-state index in [-0.39, 0.29) is 13.2 Å². The molecule has 0 saturated heterocycles. The summed E-state index contributed by atoms with van der Waals surface area (Å²) in [6, 6.07) is 12.6. The largest absolute Gasteiger partial charge is 0.485 e. The maximum atomic E-state index is 12.1. The molecule has 9 heteroatoms. The van der Waals surface area contributed by atoms with Gasteiger partial charge in [0, 0.05) is 0 Å². The molecule has 1 atom stereocenters. The molecule has 0 saturated carbocycles. The van der Waals surface area contributed by atoms with E-state index < -0.39 is 30.5 Å². The topological polar surface area (TPSA) is 112 Å². The Labute approximate surface area is 173 Å². The second-order valence-corrected chi connectivity index (χ2v) is 6.57. The zero-order valence-corrected chi connectivity index (χ0v) is 16.6. The van der Waals surface area contributed by atoms with Gasteiger partial charge in [-0.3, -0.25) is 20.4 Å². The van der Waals surface area contributed by atoms with Crippen LogP contribution in [0.25, 0.3) is 0 Å². The van der Waals surface area contributed by atoms with Crippen molar-refractivity contribution in [2.45, 2.75) is 20.0 Å². The van der Waals surface area contributed by atoms with Crippen molar-refractivity contribution in [2.75, 3.05) is 19.8 Å². The van der Waals surface area contributed by atoms with Gasteiger partial charge in [0.1, 0.15) is 12.4 Å². The van der Waals surface area contributed by atoms with Crippen LogP contribution in [0.3, 0.4) is 0 Å². The van der Waals surface area contributed by atoms with Crippen LogP contribution in [0, 0.1) is 13.8 Å². The van der Waals surface area contributed by atoms with E-state index in [1.807, 2.05) is 32.0 Å². The molecule has 0 aliphatic carbocycles. The van der Waals surface area contributed by atoms with Gasteiger partial charge in [-0.1, -0.05) is 30.3 Å². The number of hydrogen-bond donors (Lipinski definition) is 2. The number of nitrogens with one attached hydrogen (secondary N) is 2. The molecule has 0 bridgehead atoms. The van der Waals surface area contributed by atoms with Crippen molar-refractivity contribution >= 4 is 17.8 Å². The lowest BCUT2D eigenvalue weighted by molar-refractivity contribution is -0.151. The number of rotatable bonds is 6. The third kappa shape index (κ3) is 5.40. The lowest BCUT2D eigenvalue weighted by Crippen LogP contribution is -2.51. The molecule has 0 spiro atoms. The number of fused-ring (bicyclic) bond motifs is 1. The van der Waals surface area contributed by atoms with Crippen LogP contribution in [0.5, 0.6) is 17.2 Å². The van der Waals surface area contributed by atoms with E-state index >= 15 is 0 Å². The standard InChI is InChI=1S/C21H22N2O7/c1-13-6-5-7-14(2)20(13)29-12-19(25)28-11-18(24)22-23-21(26)17-10-27-15-8-3-4-9-16(15)30-17/h3-9,17H,10-12H2,1-2H3,(H,22,24)(H,23,26)/t17-/m1/s1. The van der Waals surface area contributed by atoms with Crippen molar-refractivity contribution in [2.24, 2.45) is 0 Å². The van der Waals surface area contributed by atoms with Crippen LogP contribution in [-0.2, 0) is 19.1 Å². The fraction of sp³-hybridized carbons (Fsp3) is 0.286. The lowest BCUT2D eigenvalue weighted by Gasteiger charge is -2.25. The summed E-state index contributed by atoms with van der Waals surface area (Å²) in [6.07, 6.45) is -0.923. The summed E-state index contributed by atoms with van der Waals surface area (Å²) in [5.41, 5.74) is 6.15. The van der Waals surface area contributed by atoms with Gasteiger partial charge in [0.05, 0.1) is 0 Å². The van der Waals surface area contributed by atoms with Crippen LogP contribution in [-0.4, -0.2) is 43.7 Å². The Morgan fingerprint density at radius 2 is 1.67 bits per heavy atom. The normalized spacial score (nSPS) is 14.4. The molecule has 1 aliphatic heterocycles. The Balaban J connectivity index is 1.36. The average Bonchev–Trinajstić information content (AvgIpc) is 2.75. The van der Waals surface area contributed by atoms with E-state index in [4.69, 9.17) is 18.9 Å². The zero-order valence-electron chi connectivity index (χ0n) is 16.6. The van der Waals surface area contributed by atoms with E-state index in [2.05, 4.69) is 10.9 Å². The Morgan fingerprint density at radius 1 is 0.967 bits per heavy atom. The van der Waals surface area contributed by atoms with Gasteiger partial charge in [-0.2, -0.15) is 0 Å². The molecule has 158 valence electrons. The third-order valence-electron chi connectivity index (χ3n) is 4.23. The summed E-state index contributed by atoms with van der Waals surface area (Å²) in [5.74, 6) is -0.431. The Hall–Kier alpha value is -3.75. The molecule has 1 aliphatic rings. The highest BCUT2D eigenvalue weighted by Crippen LogP contribution is 2.30. The first-order chi connectivity index (χ1) is 14.4. The van der Waals surface area contributed by atoms with E-state index in [0.29, 0.717) is 17.2 Å². The second-order valence-electron chi connectivity index (χ2n) is 6.57. The van der Waals surface area contributed by atoms with Gasteiger partial charge >= 0.3 is 5.97 Å². The monoisotopic (exact) mass is 414 g/mol. The molecule has 2 aromatic rings. The molecule has 1 heterocycles. The fourth-order valence-electron chi connectivity index (χ4n) is 2.74. The van der Waals surface area contributed by atoms with Crippen LogP contribution >= 0.6 is 0 Å². The number of para-hydroxylation sites is 3. The maximum absolute atomic E-state index is 12.1. The average molecular weight is 414 g/mol. The highest BCUT2D eigenvalue weighted by molar-refractivity contribution is 5.86. The highest BCUT2D eigenvalue weighted by Gasteiger charge is 2.27. The van der Waals surface area contributed by atoms with Gasteiger partial charge in [-0.05, 0) is 37.1 Å². The first-order valence-electron chi connectivity index (χ1n) is 9.26. The Morgan fingerprint density at radius 3 is 2.40 bits per heavy atom. The van der Waals surface area contributed by atoms with Crippen LogP contribution in [0.2, 0.25) is 0 Å². The minimum Gasteiger partial charge on any atom is -0.485 e. The molecular weight excluding hydrogens is 392 g/mol. The summed E-state index contributed by atoms with van der Waals surface area (Å²) in [5, 5.41) is 0. The summed E-state index contributed by atoms with van der Waals surface area (Å²) < 4.78 is 21.3. The highest BCUT2D eigenvalue weighted by atomic mass is 16.6. The van der Waals surface area contributed by atoms with Crippen molar-refractivity contribution in [3.63, 3.8) is 0 Å². The SMILES string of the molecule is Cc1cccc(C)c1OCC(=O)OCC(=O)NNC(=O)[C@H]1COc2ccccc2O1. The fourth-order valence-corrected chi connectivity index (χ4v) is 2.74. The second kappa shape index (κ2) is 9.64. The van der Waals surface area contributed by atoms with Crippen molar-refractivity contribution in [3.8, 4) is 17.2 Å². The summed E-state index contributed by atoms with van der Waals surface area (Å²) in [7, 11) is 0. The molecule has 30 heavy (non-hydrogen) atoms. The lowest BCUT2D eigenvalue weighted by atomic mass is 10.1. The Bertz CT molecular complexity index is 924. The number of amides is 2. The molecule has 3 rings (SSSR count). The number of carbonyl (C=O) groups is 3. The van der Waals surface area contributed by atoms with E-state index in [1.165, 1.54) is 0 Å². The molecule has 9 nitrogen and oxygen atoms in total. The minimum atomic E-state index is -0.923. The molecular formula is C21H22N2O7. The number of ether oxygens (including phenoxy) is 4. The van der Waals surface area contributed by atoms with Crippen LogP contribution in [0.1, 0.15) is 11.1 Å². The van der Waals surface area contributed by atoms with Gasteiger partial charge in [0.2, 0.25) is 6.10 Å². The molecule has 0 radical (unpaired) electrons. The number of benzene rings is 2. The zero-order chi connectivity index (χ0) is 21.5. The third-order valence-corrected chi connectivity index (χ3v) is 4.23. The van der Waals surface area contributed by atoms with E-state index in [0.717, 1.165) is 11.1 Å². The smallest absolute Gasteiger partial charge is 0.344 e. The van der Waals surface area contributed by atoms with Crippen molar-refractivity contribution in [1.29, 1.82) is 0 Å². The predicted molar refractivity (Wildman–Crippen MR) is 105 cm³/mol. The number of aryl methyl sites for hydroxylation is 2. The van der Waals surface area contributed by atoms with Gasteiger partial charge in [-0.15, -0.1) is 0 Å².